The number of carbonyl (C=O) groups excluding carboxylic acids is 4. The van der Waals surface area contributed by atoms with Crippen LogP contribution in [0.4, 0.5) is 21.0 Å². The minimum Gasteiger partial charge on any atom is -0.443 e. The van der Waals surface area contributed by atoms with Crippen LogP contribution in [0, 0.1) is 0 Å². The largest absolute Gasteiger partial charge is 0.443 e. The van der Waals surface area contributed by atoms with Crippen molar-refractivity contribution in [3.63, 3.8) is 0 Å². The van der Waals surface area contributed by atoms with Gasteiger partial charge in [-0.3, -0.25) is 9.59 Å². The number of rotatable bonds is 2. The van der Waals surface area contributed by atoms with E-state index in [1.165, 1.54) is 22.7 Å². The van der Waals surface area contributed by atoms with E-state index in [9.17, 15) is 19.2 Å². The predicted octanol–water partition coefficient (Wildman–Crippen LogP) is 8.93. The molecule has 0 atom stereocenters. The third-order valence-corrected chi connectivity index (χ3v) is 8.67. The highest BCUT2D eigenvalue weighted by molar-refractivity contribution is 7.13. The number of anilines is 2. The predicted molar refractivity (Wildman–Crippen MR) is 173 cm³/mol. The Hall–Kier alpha value is -4.54. The summed E-state index contributed by atoms with van der Waals surface area (Å²) in [6, 6.07) is 18.0. The van der Waals surface area contributed by atoms with Crippen LogP contribution in [0.15, 0.2) is 82.8 Å². The first kappa shape index (κ1) is 29.5. The van der Waals surface area contributed by atoms with Crippen molar-refractivity contribution in [1.29, 1.82) is 0 Å². The van der Waals surface area contributed by atoms with Crippen LogP contribution in [-0.2, 0) is 9.47 Å². The van der Waals surface area contributed by atoms with Gasteiger partial charge >= 0.3 is 12.2 Å². The van der Waals surface area contributed by atoms with Crippen LogP contribution in [0.2, 0.25) is 0 Å². The summed E-state index contributed by atoms with van der Waals surface area (Å²) < 4.78 is 11.5. The lowest BCUT2D eigenvalue weighted by Gasteiger charge is -2.28. The zero-order valence-corrected chi connectivity index (χ0v) is 26.7. The molecule has 0 fully saturated rings. The Labute approximate surface area is 263 Å². The van der Waals surface area contributed by atoms with Crippen LogP contribution in [0.25, 0.3) is 20.9 Å². The highest BCUT2D eigenvalue weighted by Gasteiger charge is 2.49. The maximum atomic E-state index is 14.2. The van der Waals surface area contributed by atoms with E-state index in [-0.39, 0.29) is 33.9 Å². The minimum atomic E-state index is -0.910. The molecular formula is C34H30N2O6S2. The van der Waals surface area contributed by atoms with Crippen molar-refractivity contribution in [3.05, 3.63) is 93.9 Å². The molecule has 0 saturated carbocycles. The lowest BCUT2D eigenvalue weighted by Crippen LogP contribution is -2.40. The van der Waals surface area contributed by atoms with Crippen molar-refractivity contribution in [2.24, 2.45) is 0 Å². The molecule has 0 saturated heterocycles. The zero-order chi connectivity index (χ0) is 31.6. The smallest absolute Gasteiger partial charge is 0.419 e. The number of nitrogens with zero attached hydrogens (tertiary/aromatic N) is 2. The van der Waals surface area contributed by atoms with E-state index in [1.807, 2.05) is 35.0 Å². The number of hydrogen-bond acceptors (Lipinski definition) is 8. The number of benzene rings is 2. The molecule has 2 aliphatic rings. The number of ketones is 2. The molecule has 4 aromatic rings. The zero-order valence-electron chi connectivity index (χ0n) is 25.1. The topological polar surface area (TPSA) is 93.2 Å². The summed E-state index contributed by atoms with van der Waals surface area (Å²) in [7, 11) is 0. The summed E-state index contributed by atoms with van der Waals surface area (Å²) in [5.41, 5.74) is 0.199. The molecule has 0 unspecified atom stereocenters. The molecule has 2 aromatic carbocycles. The van der Waals surface area contributed by atoms with Crippen LogP contribution in [0.5, 0.6) is 0 Å². The maximum Gasteiger partial charge on any atom is 0.419 e. The van der Waals surface area contributed by atoms with Gasteiger partial charge in [-0.25, -0.2) is 19.4 Å². The third kappa shape index (κ3) is 5.24. The second-order valence-electron chi connectivity index (χ2n) is 12.4. The Morgan fingerprint density at radius 1 is 0.614 bits per heavy atom. The minimum absolute atomic E-state index is 0.214. The molecule has 10 heteroatoms. The SMILES string of the molecule is CC(C)(C)OC(=O)N1/C(=C2\C(=O)c3ccc(-c4cccs4)cc3N2C(=O)OC(C)(C)C)C(=O)c2ccc(-c3cccs3)cc21. The van der Waals surface area contributed by atoms with Crippen molar-refractivity contribution in [2.75, 3.05) is 9.80 Å². The van der Waals surface area contributed by atoms with Gasteiger partial charge in [-0.2, -0.15) is 0 Å². The summed E-state index contributed by atoms with van der Waals surface area (Å²) in [6.45, 7) is 10.3. The summed E-state index contributed by atoms with van der Waals surface area (Å²) >= 11 is 3.03. The van der Waals surface area contributed by atoms with E-state index in [1.54, 1.807) is 77.9 Å². The first-order valence-corrected chi connectivity index (χ1v) is 15.8. The Bertz CT molecular complexity index is 1720. The highest BCUT2D eigenvalue weighted by atomic mass is 32.1. The van der Waals surface area contributed by atoms with Crippen LogP contribution < -0.4 is 9.80 Å². The molecule has 6 rings (SSSR count). The summed E-state index contributed by atoms with van der Waals surface area (Å²) in [4.78, 5) is 60.4. The summed E-state index contributed by atoms with van der Waals surface area (Å²) in [5, 5.41) is 3.87. The van der Waals surface area contributed by atoms with Gasteiger partial charge in [0.1, 0.15) is 22.6 Å². The number of ether oxygens (including phenoxy) is 2. The number of allylic oxidation sites excluding steroid dienone is 2. The number of carbonyl (C=O) groups is 4. The molecule has 0 spiro atoms. The van der Waals surface area contributed by atoms with Crippen LogP contribution in [-0.4, -0.2) is 35.0 Å². The quantitative estimate of drug-likeness (QED) is 0.206. The molecule has 0 radical (unpaired) electrons. The van der Waals surface area contributed by atoms with E-state index in [4.69, 9.17) is 9.47 Å². The third-order valence-electron chi connectivity index (χ3n) is 6.83. The van der Waals surface area contributed by atoms with Gasteiger partial charge in [0.05, 0.1) is 11.4 Å². The van der Waals surface area contributed by atoms with Crippen molar-refractivity contribution in [1.82, 2.24) is 0 Å². The highest BCUT2D eigenvalue weighted by Crippen LogP contribution is 2.46. The second kappa shape index (κ2) is 10.6. The first-order valence-electron chi connectivity index (χ1n) is 14.0. The van der Waals surface area contributed by atoms with E-state index in [0.29, 0.717) is 0 Å². The number of thiophene rings is 2. The molecule has 2 aliphatic heterocycles. The van der Waals surface area contributed by atoms with Crippen LogP contribution in [0.3, 0.4) is 0 Å². The van der Waals surface area contributed by atoms with Crippen molar-refractivity contribution in [3.8, 4) is 20.9 Å². The Morgan fingerprint density at radius 3 is 1.32 bits per heavy atom. The molecule has 0 N–H and O–H groups in total. The monoisotopic (exact) mass is 626 g/mol. The van der Waals surface area contributed by atoms with Crippen molar-refractivity contribution in [2.45, 2.75) is 52.7 Å². The van der Waals surface area contributed by atoms with Crippen LogP contribution >= 0.6 is 22.7 Å². The fraction of sp³-hybridized carbons (Fsp3) is 0.235. The van der Waals surface area contributed by atoms with Gasteiger partial charge in [-0.1, -0.05) is 24.3 Å². The van der Waals surface area contributed by atoms with E-state index < -0.39 is 35.0 Å². The molecule has 8 nitrogen and oxygen atoms in total. The van der Waals surface area contributed by atoms with Gasteiger partial charge in [0.25, 0.3) is 0 Å². The number of amides is 2. The van der Waals surface area contributed by atoms with E-state index >= 15 is 0 Å². The summed E-state index contributed by atoms with van der Waals surface area (Å²) in [6.07, 6.45) is -1.69. The molecule has 44 heavy (non-hydrogen) atoms. The Kier molecular flexibility index (Phi) is 7.09. The number of hydrogen-bond donors (Lipinski definition) is 0. The molecular weight excluding hydrogens is 597 g/mol. The lowest BCUT2D eigenvalue weighted by molar-refractivity contribution is 0.0571. The standard InChI is InChI=1S/C34H30N2O6S2/c1-33(2,3)41-31(39)35-23-17-19(25-9-7-15-43-25)11-13-21(23)29(37)27(35)28-30(38)22-14-12-20(26-10-8-16-44-26)18-24(22)36(28)32(40)42-34(4,5)6/h7-18H,1-6H3/b28-27+. The molecule has 4 heterocycles. The number of fused-ring (bicyclic) bond motifs is 2. The maximum absolute atomic E-state index is 14.2. The average Bonchev–Trinajstić information content (AvgIpc) is 3.73. The average molecular weight is 627 g/mol. The Balaban J connectivity index is 1.59. The van der Waals surface area contributed by atoms with Gasteiger partial charge < -0.3 is 9.47 Å². The van der Waals surface area contributed by atoms with Gasteiger partial charge in [0.15, 0.2) is 0 Å². The lowest BCUT2D eigenvalue weighted by atomic mass is 10.0. The number of Topliss-reactive ketones (excluding diaryl/α,β-unsaturated/α-hetero) is 2. The molecule has 0 aliphatic carbocycles. The molecule has 224 valence electrons. The summed E-state index contributed by atoms with van der Waals surface area (Å²) in [5.74, 6) is -1.15. The van der Waals surface area contributed by atoms with E-state index in [2.05, 4.69) is 0 Å². The fourth-order valence-corrected chi connectivity index (χ4v) is 6.58. The van der Waals surface area contributed by atoms with Gasteiger partial charge in [-0.05, 0) is 99.8 Å². The molecule has 0 bridgehead atoms. The Morgan fingerprint density at radius 2 is 1.00 bits per heavy atom. The van der Waals surface area contributed by atoms with Gasteiger partial charge in [0, 0.05) is 20.9 Å². The van der Waals surface area contributed by atoms with Crippen LogP contribution in [0.1, 0.15) is 62.3 Å². The first-order chi connectivity index (χ1) is 20.7. The van der Waals surface area contributed by atoms with Crippen molar-refractivity contribution >= 4 is 57.8 Å². The van der Waals surface area contributed by atoms with Gasteiger partial charge in [0.2, 0.25) is 11.6 Å². The fourth-order valence-electron chi connectivity index (χ4n) is 5.13. The molecule has 2 aromatic heterocycles. The van der Waals surface area contributed by atoms with Crippen molar-refractivity contribution < 1.29 is 28.7 Å². The second-order valence-corrected chi connectivity index (χ2v) is 14.3. The van der Waals surface area contributed by atoms with Gasteiger partial charge in [-0.15, -0.1) is 22.7 Å². The molecule has 2 amide bonds. The normalized spacial score (nSPS) is 16.3. The van der Waals surface area contributed by atoms with E-state index in [0.717, 1.165) is 30.7 Å².